The number of rotatable bonds is 3. The van der Waals surface area contributed by atoms with Crippen LogP contribution in [0.4, 0.5) is 24.0 Å². The maximum absolute atomic E-state index is 12.9. The van der Waals surface area contributed by atoms with E-state index in [0.29, 0.717) is 0 Å². The van der Waals surface area contributed by atoms with Crippen LogP contribution in [0.3, 0.4) is 0 Å². The van der Waals surface area contributed by atoms with E-state index in [0.717, 1.165) is 23.5 Å². The highest BCUT2D eigenvalue weighted by Gasteiger charge is 2.34. The number of anilines is 2. The lowest BCUT2D eigenvalue weighted by Crippen LogP contribution is -2.09. The van der Waals surface area contributed by atoms with E-state index < -0.39 is 17.7 Å². The Kier molecular flexibility index (Phi) is 3.87. The van der Waals surface area contributed by atoms with Gasteiger partial charge in [-0.05, 0) is 18.2 Å². The van der Waals surface area contributed by atoms with Gasteiger partial charge in [0.2, 0.25) is 0 Å². The Labute approximate surface area is 119 Å². The summed E-state index contributed by atoms with van der Waals surface area (Å²) in [7, 11) is 0. The number of alkyl halides is 3. The molecule has 4 nitrogen and oxygen atoms in total. The number of benzene rings is 1. The van der Waals surface area contributed by atoms with Gasteiger partial charge in [0.1, 0.15) is 0 Å². The predicted octanol–water partition coefficient (Wildman–Crippen LogP) is 4.26. The first-order valence-corrected chi connectivity index (χ1v) is 6.36. The van der Waals surface area contributed by atoms with E-state index in [1.165, 1.54) is 11.4 Å². The second-order valence-corrected chi connectivity index (χ2v) is 4.95. The van der Waals surface area contributed by atoms with Crippen LogP contribution in [0.1, 0.15) is 16.1 Å². The molecule has 2 N–H and O–H groups in total. The molecule has 2 rings (SSSR count). The minimum atomic E-state index is -4.58. The van der Waals surface area contributed by atoms with Gasteiger partial charge in [0, 0.05) is 10.4 Å². The Balaban J connectivity index is 2.35. The molecular formula is C11H6ClF3N2O2S. The number of nitrogens with one attached hydrogen (secondary N) is 1. The number of hydrogen-bond acceptors (Lipinski definition) is 4. The fourth-order valence-corrected chi connectivity index (χ4v) is 2.27. The SMILES string of the molecule is O=C(O)c1csc(Nc2ccc(Cl)cc2C(F)(F)F)n1. The molecule has 0 saturated heterocycles. The molecule has 0 saturated carbocycles. The van der Waals surface area contributed by atoms with Crippen molar-refractivity contribution in [2.45, 2.75) is 6.18 Å². The third kappa shape index (κ3) is 3.20. The lowest BCUT2D eigenvalue weighted by molar-refractivity contribution is -0.136. The number of hydrogen-bond donors (Lipinski definition) is 2. The number of halogens is 4. The van der Waals surface area contributed by atoms with E-state index in [1.54, 1.807) is 0 Å². The van der Waals surface area contributed by atoms with Gasteiger partial charge in [-0.15, -0.1) is 11.3 Å². The zero-order valence-electron chi connectivity index (χ0n) is 9.53. The lowest BCUT2D eigenvalue weighted by Gasteiger charge is -2.13. The van der Waals surface area contributed by atoms with Crippen LogP contribution in [-0.4, -0.2) is 16.1 Å². The molecule has 1 aromatic heterocycles. The molecule has 0 spiro atoms. The number of nitrogens with zero attached hydrogens (tertiary/aromatic N) is 1. The van der Waals surface area contributed by atoms with E-state index in [-0.39, 0.29) is 21.5 Å². The van der Waals surface area contributed by atoms with Gasteiger partial charge in [-0.1, -0.05) is 11.6 Å². The molecule has 1 heterocycles. The number of aromatic carboxylic acids is 1. The minimum Gasteiger partial charge on any atom is -0.476 e. The smallest absolute Gasteiger partial charge is 0.418 e. The van der Waals surface area contributed by atoms with Crippen molar-refractivity contribution in [1.29, 1.82) is 0 Å². The molecule has 2 aromatic rings. The third-order valence-corrected chi connectivity index (χ3v) is 3.24. The van der Waals surface area contributed by atoms with Gasteiger partial charge >= 0.3 is 12.1 Å². The summed E-state index contributed by atoms with van der Waals surface area (Å²) in [6, 6.07) is 3.24. The van der Waals surface area contributed by atoms with Crippen LogP contribution < -0.4 is 5.32 Å². The van der Waals surface area contributed by atoms with Crippen molar-refractivity contribution >= 4 is 39.7 Å². The molecule has 20 heavy (non-hydrogen) atoms. The molecule has 9 heteroatoms. The number of carboxylic acids is 1. The fourth-order valence-electron chi connectivity index (χ4n) is 1.40. The van der Waals surface area contributed by atoms with Crippen molar-refractivity contribution in [2.75, 3.05) is 5.32 Å². The summed E-state index contributed by atoms with van der Waals surface area (Å²) in [5.74, 6) is -1.25. The highest BCUT2D eigenvalue weighted by Crippen LogP contribution is 2.38. The lowest BCUT2D eigenvalue weighted by atomic mass is 10.1. The molecule has 0 bridgehead atoms. The van der Waals surface area contributed by atoms with E-state index in [2.05, 4.69) is 10.3 Å². The Morgan fingerprint density at radius 1 is 1.40 bits per heavy atom. The number of thiazole rings is 1. The standard InChI is InChI=1S/C11H6ClF3N2O2S/c12-5-1-2-7(6(3-5)11(13,14)15)16-10-17-8(4-20-10)9(18)19/h1-4H,(H,16,17)(H,18,19). The molecule has 0 atom stereocenters. The van der Waals surface area contributed by atoms with E-state index in [1.807, 2.05) is 0 Å². The van der Waals surface area contributed by atoms with Gasteiger partial charge in [0.15, 0.2) is 10.8 Å². The highest BCUT2D eigenvalue weighted by atomic mass is 35.5. The van der Waals surface area contributed by atoms with Crippen molar-refractivity contribution in [1.82, 2.24) is 4.98 Å². The van der Waals surface area contributed by atoms with Crippen LogP contribution in [0.15, 0.2) is 23.6 Å². The molecule has 1 aromatic carbocycles. The van der Waals surface area contributed by atoms with Crippen LogP contribution in [0.2, 0.25) is 5.02 Å². The summed E-state index contributed by atoms with van der Waals surface area (Å²) >= 11 is 6.45. The summed E-state index contributed by atoms with van der Waals surface area (Å²) in [6.07, 6.45) is -4.58. The Hall–Kier alpha value is -1.80. The Bertz CT molecular complexity index is 657. The van der Waals surface area contributed by atoms with Crippen molar-refractivity contribution < 1.29 is 23.1 Å². The van der Waals surface area contributed by atoms with Crippen molar-refractivity contribution in [3.8, 4) is 0 Å². The van der Waals surface area contributed by atoms with Crippen molar-refractivity contribution in [3.63, 3.8) is 0 Å². The van der Waals surface area contributed by atoms with E-state index in [4.69, 9.17) is 16.7 Å². The maximum Gasteiger partial charge on any atom is 0.418 e. The largest absolute Gasteiger partial charge is 0.476 e. The normalized spacial score (nSPS) is 11.4. The quantitative estimate of drug-likeness (QED) is 0.886. The summed E-state index contributed by atoms with van der Waals surface area (Å²) < 4.78 is 38.6. The molecule has 0 aliphatic rings. The third-order valence-electron chi connectivity index (χ3n) is 2.25. The number of carboxylic acid groups (broad SMARTS) is 1. The van der Waals surface area contributed by atoms with Crippen LogP contribution in [0.5, 0.6) is 0 Å². The first kappa shape index (κ1) is 14.6. The number of carbonyl (C=O) groups is 1. The summed E-state index contributed by atoms with van der Waals surface area (Å²) in [5, 5.41) is 12.4. The molecule has 0 amide bonds. The zero-order chi connectivity index (χ0) is 14.9. The van der Waals surface area contributed by atoms with Crippen LogP contribution in [-0.2, 0) is 6.18 Å². The number of aromatic nitrogens is 1. The molecule has 0 aliphatic carbocycles. The molecular weight excluding hydrogens is 317 g/mol. The maximum atomic E-state index is 12.9. The first-order valence-electron chi connectivity index (χ1n) is 5.10. The van der Waals surface area contributed by atoms with Crippen LogP contribution >= 0.6 is 22.9 Å². The van der Waals surface area contributed by atoms with Gasteiger partial charge < -0.3 is 10.4 Å². The zero-order valence-corrected chi connectivity index (χ0v) is 11.1. The fraction of sp³-hybridized carbons (Fsp3) is 0.0909. The monoisotopic (exact) mass is 322 g/mol. The summed E-state index contributed by atoms with van der Waals surface area (Å²) in [5.41, 5.74) is -1.43. The summed E-state index contributed by atoms with van der Waals surface area (Å²) in [4.78, 5) is 14.3. The molecule has 106 valence electrons. The van der Waals surface area contributed by atoms with E-state index in [9.17, 15) is 18.0 Å². The molecule has 0 radical (unpaired) electrons. The molecule has 0 fully saturated rings. The van der Waals surface area contributed by atoms with Gasteiger partial charge in [-0.25, -0.2) is 9.78 Å². The Morgan fingerprint density at radius 2 is 2.10 bits per heavy atom. The molecule has 0 unspecified atom stereocenters. The van der Waals surface area contributed by atoms with E-state index >= 15 is 0 Å². The van der Waals surface area contributed by atoms with Gasteiger partial charge in [-0.3, -0.25) is 0 Å². The van der Waals surface area contributed by atoms with Crippen LogP contribution in [0, 0.1) is 0 Å². The second kappa shape index (κ2) is 5.29. The second-order valence-electron chi connectivity index (χ2n) is 3.66. The van der Waals surface area contributed by atoms with Gasteiger partial charge in [0.05, 0.1) is 11.3 Å². The highest BCUT2D eigenvalue weighted by molar-refractivity contribution is 7.14. The summed E-state index contributed by atoms with van der Waals surface area (Å²) in [6.45, 7) is 0. The average Bonchev–Trinajstić information content (AvgIpc) is 2.79. The minimum absolute atomic E-state index is 0.0479. The van der Waals surface area contributed by atoms with Crippen LogP contribution in [0.25, 0.3) is 0 Å². The Morgan fingerprint density at radius 3 is 2.65 bits per heavy atom. The van der Waals surface area contributed by atoms with Crippen molar-refractivity contribution in [2.24, 2.45) is 0 Å². The predicted molar refractivity (Wildman–Crippen MR) is 68.8 cm³/mol. The first-order chi connectivity index (χ1) is 9.27. The average molecular weight is 323 g/mol. The topological polar surface area (TPSA) is 62.2 Å². The van der Waals surface area contributed by atoms with Gasteiger partial charge in [-0.2, -0.15) is 13.2 Å². The molecule has 0 aliphatic heterocycles. The van der Waals surface area contributed by atoms with Crippen molar-refractivity contribution in [3.05, 3.63) is 39.9 Å². The van der Waals surface area contributed by atoms with Gasteiger partial charge in [0.25, 0.3) is 0 Å².